The highest BCUT2D eigenvalue weighted by Crippen LogP contribution is 2.38. The number of carbonyl (C=O) groups excluding carboxylic acids is 2. The van der Waals surface area contributed by atoms with Gasteiger partial charge in [-0.1, -0.05) is 0 Å². The van der Waals surface area contributed by atoms with Crippen molar-refractivity contribution >= 4 is 40.7 Å². The monoisotopic (exact) mass is 554 g/mol. The summed E-state index contributed by atoms with van der Waals surface area (Å²) in [6.45, 7) is 10.4. The van der Waals surface area contributed by atoms with Crippen LogP contribution >= 0.6 is 12.2 Å². The van der Waals surface area contributed by atoms with Gasteiger partial charge >= 0.3 is 6.09 Å². The van der Waals surface area contributed by atoms with Crippen LogP contribution in [0.25, 0.3) is 0 Å². The van der Waals surface area contributed by atoms with Crippen LogP contribution in [-0.2, 0) is 9.53 Å². The molecule has 2 atom stereocenters. The number of carbonyl (C=O) groups is 2. The van der Waals surface area contributed by atoms with Gasteiger partial charge in [0.1, 0.15) is 23.3 Å². The molecule has 2 aliphatic heterocycles. The lowest BCUT2D eigenvalue weighted by atomic mass is 10.0. The maximum Gasteiger partial charge on any atom is 0.410 e. The molecule has 0 saturated carbocycles. The molecule has 2 saturated heterocycles. The molecule has 0 aromatic heterocycles. The van der Waals surface area contributed by atoms with E-state index in [4.69, 9.17) is 21.7 Å². The first-order valence-electron chi connectivity index (χ1n) is 12.5. The molecule has 11 heteroatoms. The quantitative estimate of drug-likeness (QED) is 0.559. The molecule has 9 nitrogen and oxygen atoms in total. The van der Waals surface area contributed by atoms with Crippen LogP contribution in [-0.4, -0.2) is 63.6 Å². The largest absolute Gasteiger partial charge is 0.483 e. The molecular weight excluding hydrogens is 523 g/mol. The molecule has 0 spiro atoms. The van der Waals surface area contributed by atoms with Crippen molar-refractivity contribution in [3.63, 3.8) is 0 Å². The molecular formula is C28H31FN4O5S. The number of amides is 2. The Balaban J connectivity index is 1.54. The number of hydrogen-bond donors (Lipinski definition) is 1. The minimum atomic E-state index is -1.12. The summed E-state index contributed by atoms with van der Waals surface area (Å²) in [6.07, 6.45) is -2.46. The highest BCUT2D eigenvalue weighted by molar-refractivity contribution is 7.81. The van der Waals surface area contributed by atoms with Crippen molar-refractivity contribution in [1.29, 1.82) is 5.26 Å². The van der Waals surface area contributed by atoms with E-state index >= 15 is 4.39 Å². The Hall–Kier alpha value is -3.75. The number of anilines is 2. The van der Waals surface area contributed by atoms with Gasteiger partial charge in [-0.3, -0.25) is 9.69 Å². The zero-order valence-corrected chi connectivity index (χ0v) is 23.5. The fourth-order valence-corrected chi connectivity index (χ4v) is 5.13. The molecule has 2 aromatic rings. The minimum absolute atomic E-state index is 0.00227. The van der Waals surface area contributed by atoms with E-state index in [9.17, 15) is 20.0 Å². The van der Waals surface area contributed by atoms with Gasteiger partial charge in [-0.25, -0.2) is 9.18 Å². The van der Waals surface area contributed by atoms with Crippen molar-refractivity contribution < 1.29 is 28.6 Å². The topological polar surface area (TPSA) is 106 Å². The summed E-state index contributed by atoms with van der Waals surface area (Å²) < 4.78 is 26.4. The van der Waals surface area contributed by atoms with E-state index < -0.39 is 35.3 Å². The van der Waals surface area contributed by atoms with E-state index in [2.05, 4.69) is 6.07 Å². The van der Waals surface area contributed by atoms with Crippen LogP contribution in [0.5, 0.6) is 5.75 Å². The first-order valence-corrected chi connectivity index (χ1v) is 12.9. The smallest absolute Gasteiger partial charge is 0.410 e. The summed E-state index contributed by atoms with van der Waals surface area (Å²) in [6, 6.07) is 11.3. The number of β-amino-alcohol motifs (C(OH)–C–C–N with tert-alkyl or cyclic N) is 1. The van der Waals surface area contributed by atoms with Crippen molar-refractivity contribution in [3.8, 4) is 11.8 Å². The molecule has 1 N–H and O–H groups in total. The number of rotatable bonds is 4. The van der Waals surface area contributed by atoms with Crippen molar-refractivity contribution in [3.05, 3.63) is 53.3 Å². The van der Waals surface area contributed by atoms with E-state index in [-0.39, 0.29) is 29.9 Å². The van der Waals surface area contributed by atoms with Gasteiger partial charge in [0.2, 0.25) is 0 Å². The van der Waals surface area contributed by atoms with Crippen LogP contribution in [0.4, 0.5) is 20.6 Å². The van der Waals surface area contributed by atoms with Crippen LogP contribution in [0.15, 0.2) is 36.4 Å². The lowest BCUT2D eigenvalue weighted by Crippen LogP contribution is -2.44. The second-order valence-corrected chi connectivity index (χ2v) is 11.5. The average molecular weight is 555 g/mol. The number of benzene rings is 2. The first-order chi connectivity index (χ1) is 18.1. The second-order valence-electron chi connectivity index (χ2n) is 11.2. The Morgan fingerprint density at radius 2 is 1.85 bits per heavy atom. The van der Waals surface area contributed by atoms with Crippen molar-refractivity contribution in [2.75, 3.05) is 22.9 Å². The Labute approximate surface area is 232 Å². The molecule has 2 aromatic carbocycles. The highest BCUT2D eigenvalue weighted by Gasteiger charge is 2.50. The highest BCUT2D eigenvalue weighted by atomic mass is 32.1. The van der Waals surface area contributed by atoms with Gasteiger partial charge in [0.15, 0.2) is 16.7 Å². The van der Waals surface area contributed by atoms with Gasteiger partial charge in [0.25, 0.3) is 5.91 Å². The lowest BCUT2D eigenvalue weighted by molar-refractivity contribution is -0.120. The number of halogens is 1. The van der Waals surface area contributed by atoms with Crippen LogP contribution in [0.3, 0.4) is 0 Å². The lowest BCUT2D eigenvalue weighted by Gasteiger charge is -2.29. The Morgan fingerprint density at radius 1 is 1.18 bits per heavy atom. The molecule has 2 amide bonds. The third kappa shape index (κ3) is 5.40. The fraction of sp³-hybridized carbons (Fsp3) is 0.429. The maximum absolute atomic E-state index is 15.3. The van der Waals surface area contributed by atoms with Crippen molar-refractivity contribution in [1.82, 2.24) is 4.90 Å². The van der Waals surface area contributed by atoms with Crippen LogP contribution < -0.4 is 14.5 Å². The molecule has 2 aliphatic rings. The van der Waals surface area contributed by atoms with Crippen LogP contribution in [0.2, 0.25) is 0 Å². The summed E-state index contributed by atoms with van der Waals surface area (Å²) in [7, 11) is 0. The Kier molecular flexibility index (Phi) is 7.31. The number of nitrogens with zero attached hydrogens (tertiary/aromatic N) is 4. The minimum Gasteiger partial charge on any atom is -0.483 e. The Bertz CT molecular complexity index is 1380. The number of ether oxygens (including phenoxy) is 2. The number of nitriles is 1. The number of aliphatic hydroxyl groups excluding tert-OH is 1. The molecule has 2 unspecified atom stereocenters. The summed E-state index contributed by atoms with van der Waals surface area (Å²) >= 11 is 5.67. The summed E-state index contributed by atoms with van der Waals surface area (Å²) in [5, 5.41) is 19.8. The number of aryl methyl sites for hydroxylation is 1. The standard InChI is InChI=1S/C28H31FN4O5S/c1-16-11-18(8-7-17(16)13-30)32-24(35)28(5,6)33(25(32)39)19-9-10-22(20(29)12-19)37-23-15-31(14-21(23)34)26(36)38-27(2,3)4/h7-12,21,23,34H,14-15H2,1-6H3. The predicted octanol–water partition coefficient (Wildman–Crippen LogP) is 4.28. The fourth-order valence-electron chi connectivity index (χ4n) is 4.60. The summed E-state index contributed by atoms with van der Waals surface area (Å²) in [4.78, 5) is 30.1. The summed E-state index contributed by atoms with van der Waals surface area (Å²) in [5.41, 5.74) is 0.243. The number of thiocarbonyl (C=S) groups is 1. The van der Waals surface area contributed by atoms with Gasteiger partial charge < -0.3 is 24.4 Å². The third-order valence-corrected chi connectivity index (χ3v) is 6.96. The van der Waals surface area contributed by atoms with Gasteiger partial charge in [-0.15, -0.1) is 0 Å². The molecule has 2 heterocycles. The van der Waals surface area contributed by atoms with Crippen LogP contribution in [0.1, 0.15) is 45.7 Å². The first kappa shape index (κ1) is 28.3. The van der Waals surface area contributed by atoms with Gasteiger partial charge in [0, 0.05) is 11.8 Å². The van der Waals surface area contributed by atoms with Gasteiger partial charge in [0.05, 0.1) is 30.4 Å². The van der Waals surface area contributed by atoms with E-state index in [1.54, 1.807) is 70.7 Å². The van der Waals surface area contributed by atoms with Crippen LogP contribution in [0, 0.1) is 24.1 Å². The maximum atomic E-state index is 15.3. The van der Waals surface area contributed by atoms with E-state index in [0.29, 0.717) is 22.5 Å². The van der Waals surface area contributed by atoms with E-state index in [1.165, 1.54) is 21.9 Å². The molecule has 39 heavy (non-hydrogen) atoms. The van der Waals surface area contributed by atoms with Gasteiger partial charge in [-0.2, -0.15) is 5.26 Å². The third-order valence-electron chi connectivity index (χ3n) is 6.60. The van der Waals surface area contributed by atoms with Gasteiger partial charge in [-0.05, 0) is 89.7 Å². The zero-order chi connectivity index (χ0) is 28.9. The second kappa shape index (κ2) is 10.1. The molecule has 0 bridgehead atoms. The normalized spacial score (nSPS) is 20.8. The SMILES string of the molecule is Cc1cc(N2C(=O)C(C)(C)N(c3ccc(OC4CN(C(=O)OC(C)(C)C)CC4O)c(F)c3)C2=S)ccc1C#N. The van der Waals surface area contributed by atoms with Crippen molar-refractivity contribution in [2.45, 2.75) is 64.9 Å². The Morgan fingerprint density at radius 3 is 2.44 bits per heavy atom. The molecule has 4 rings (SSSR count). The number of hydrogen-bond acceptors (Lipinski definition) is 7. The average Bonchev–Trinajstić information content (AvgIpc) is 3.28. The molecule has 2 fully saturated rings. The zero-order valence-electron chi connectivity index (χ0n) is 22.7. The predicted molar refractivity (Wildman–Crippen MR) is 147 cm³/mol. The number of aliphatic hydroxyl groups is 1. The molecule has 206 valence electrons. The van der Waals surface area contributed by atoms with E-state index in [1.807, 2.05) is 0 Å². The van der Waals surface area contributed by atoms with E-state index in [0.717, 1.165) is 0 Å². The molecule has 0 radical (unpaired) electrons. The van der Waals surface area contributed by atoms with Crippen molar-refractivity contribution in [2.24, 2.45) is 0 Å². The number of likely N-dealkylation sites (tertiary alicyclic amines) is 1. The molecule has 0 aliphatic carbocycles. The summed E-state index contributed by atoms with van der Waals surface area (Å²) in [5.74, 6) is -1.12.